The van der Waals surface area contributed by atoms with Gasteiger partial charge < -0.3 is 15.2 Å². The van der Waals surface area contributed by atoms with Crippen molar-refractivity contribution in [3.05, 3.63) is 34.8 Å². The minimum Gasteiger partial charge on any atom is -0.350 e. The number of carbonyl (C=O) groups excluding carboxylic acids is 2. The quantitative estimate of drug-likeness (QED) is 0.853. The fraction of sp³-hybridized carbons (Fsp3) is 0.529. The molecule has 2 N–H and O–H groups in total. The highest BCUT2D eigenvalue weighted by molar-refractivity contribution is 7.11. The lowest BCUT2D eigenvalue weighted by atomic mass is 9.80. The van der Waals surface area contributed by atoms with Crippen LogP contribution in [-0.2, 0) is 5.54 Å². The Morgan fingerprint density at radius 3 is 2.68 bits per heavy atom. The van der Waals surface area contributed by atoms with Crippen LogP contribution in [-0.4, -0.2) is 38.9 Å². The second-order valence-electron chi connectivity index (χ2n) is 7.42. The highest BCUT2D eigenvalue weighted by Crippen LogP contribution is 2.27. The summed E-state index contributed by atoms with van der Waals surface area (Å²) in [6.45, 7) is 6.79. The van der Waals surface area contributed by atoms with Crippen molar-refractivity contribution in [3.63, 3.8) is 0 Å². The number of carbonyl (C=O) groups is 2. The average Bonchev–Trinajstić information content (AvgIpc) is 3.19. The molecule has 0 radical (unpaired) electrons. The SMILES string of the molecule is CC(C)(C)n1cnc(C(=O)NCC2CC(NC(=O)c3cncs3)C2)c1. The van der Waals surface area contributed by atoms with Crippen molar-refractivity contribution in [3.8, 4) is 0 Å². The zero-order valence-corrected chi connectivity index (χ0v) is 15.5. The highest BCUT2D eigenvalue weighted by atomic mass is 32.1. The Morgan fingerprint density at radius 1 is 1.32 bits per heavy atom. The molecule has 2 aromatic heterocycles. The molecule has 1 aliphatic carbocycles. The van der Waals surface area contributed by atoms with Crippen molar-refractivity contribution < 1.29 is 9.59 Å². The van der Waals surface area contributed by atoms with Gasteiger partial charge in [0, 0.05) is 24.3 Å². The molecular weight excluding hydrogens is 338 g/mol. The van der Waals surface area contributed by atoms with E-state index in [1.165, 1.54) is 11.3 Å². The van der Waals surface area contributed by atoms with Crippen molar-refractivity contribution in [1.29, 1.82) is 0 Å². The van der Waals surface area contributed by atoms with E-state index >= 15 is 0 Å². The normalized spacial score (nSPS) is 20.0. The van der Waals surface area contributed by atoms with Crippen LogP contribution in [0.5, 0.6) is 0 Å². The van der Waals surface area contributed by atoms with Crippen LogP contribution in [0.3, 0.4) is 0 Å². The van der Waals surface area contributed by atoms with E-state index in [-0.39, 0.29) is 23.4 Å². The topological polar surface area (TPSA) is 88.9 Å². The number of aromatic nitrogens is 3. The summed E-state index contributed by atoms with van der Waals surface area (Å²) in [6.07, 6.45) is 6.78. The molecule has 1 fully saturated rings. The predicted octanol–water partition coefficient (Wildman–Crippen LogP) is 2.03. The van der Waals surface area contributed by atoms with Gasteiger partial charge in [0.1, 0.15) is 10.6 Å². The van der Waals surface area contributed by atoms with Gasteiger partial charge in [-0.15, -0.1) is 11.3 Å². The van der Waals surface area contributed by atoms with Crippen molar-refractivity contribution in [2.75, 3.05) is 6.54 Å². The fourth-order valence-corrected chi connectivity index (χ4v) is 3.26. The summed E-state index contributed by atoms with van der Waals surface area (Å²) >= 11 is 1.33. The molecule has 25 heavy (non-hydrogen) atoms. The first-order valence-corrected chi connectivity index (χ1v) is 9.23. The number of rotatable bonds is 5. The maximum absolute atomic E-state index is 12.2. The molecule has 0 aromatic carbocycles. The summed E-state index contributed by atoms with van der Waals surface area (Å²) in [5, 5.41) is 5.92. The zero-order valence-electron chi connectivity index (χ0n) is 14.7. The maximum Gasteiger partial charge on any atom is 0.271 e. The third-order valence-corrected chi connectivity index (χ3v) is 5.14. The summed E-state index contributed by atoms with van der Waals surface area (Å²) in [5.41, 5.74) is 1.99. The summed E-state index contributed by atoms with van der Waals surface area (Å²) in [4.78, 5) is 32.8. The maximum atomic E-state index is 12.2. The number of imidazole rings is 1. The molecule has 0 spiro atoms. The molecular formula is C17H23N5O2S. The van der Waals surface area contributed by atoms with E-state index < -0.39 is 0 Å². The monoisotopic (exact) mass is 361 g/mol. The van der Waals surface area contributed by atoms with Gasteiger partial charge in [0.15, 0.2) is 0 Å². The first-order chi connectivity index (χ1) is 11.8. The van der Waals surface area contributed by atoms with Crippen LogP contribution in [0.25, 0.3) is 0 Å². The van der Waals surface area contributed by atoms with Gasteiger partial charge in [0.2, 0.25) is 0 Å². The molecule has 8 heteroatoms. The summed E-state index contributed by atoms with van der Waals surface area (Å²) in [7, 11) is 0. The van der Waals surface area contributed by atoms with E-state index in [4.69, 9.17) is 0 Å². The van der Waals surface area contributed by atoms with Crippen molar-refractivity contribution in [2.45, 2.75) is 45.2 Å². The third-order valence-electron chi connectivity index (χ3n) is 4.37. The third kappa shape index (κ3) is 4.25. The molecule has 2 aromatic rings. The van der Waals surface area contributed by atoms with Crippen LogP contribution in [0.4, 0.5) is 0 Å². The standard InChI is InChI=1S/C17H23N5O2S/c1-17(2,3)22-8-13(20-9-22)15(23)19-6-11-4-12(5-11)21-16(24)14-7-18-10-25-14/h7-12H,4-6H2,1-3H3,(H,19,23)(H,21,24). The van der Waals surface area contributed by atoms with Crippen LogP contribution in [0.1, 0.15) is 53.8 Å². The van der Waals surface area contributed by atoms with Gasteiger partial charge in [-0.25, -0.2) is 4.98 Å². The van der Waals surface area contributed by atoms with E-state index in [1.807, 2.05) is 4.57 Å². The van der Waals surface area contributed by atoms with E-state index in [0.29, 0.717) is 23.0 Å². The molecule has 2 heterocycles. The number of nitrogens with one attached hydrogen (secondary N) is 2. The Hall–Kier alpha value is -2.22. The molecule has 2 amide bonds. The molecule has 0 bridgehead atoms. The molecule has 1 aliphatic rings. The van der Waals surface area contributed by atoms with Gasteiger partial charge in [-0.3, -0.25) is 14.6 Å². The second-order valence-corrected chi connectivity index (χ2v) is 8.31. The Morgan fingerprint density at radius 2 is 2.08 bits per heavy atom. The van der Waals surface area contributed by atoms with E-state index in [0.717, 1.165) is 12.8 Å². The van der Waals surface area contributed by atoms with Gasteiger partial charge in [-0.2, -0.15) is 0 Å². The second kappa shape index (κ2) is 6.95. The van der Waals surface area contributed by atoms with Crippen LogP contribution in [0.2, 0.25) is 0 Å². The van der Waals surface area contributed by atoms with E-state index in [9.17, 15) is 9.59 Å². The summed E-state index contributed by atoms with van der Waals surface area (Å²) in [6, 6.07) is 0.177. The first-order valence-electron chi connectivity index (χ1n) is 8.35. The van der Waals surface area contributed by atoms with Crippen molar-refractivity contribution >= 4 is 23.2 Å². The first kappa shape index (κ1) is 17.6. The molecule has 0 unspecified atom stereocenters. The van der Waals surface area contributed by atoms with Gasteiger partial charge in [0.05, 0.1) is 18.0 Å². The lowest BCUT2D eigenvalue weighted by Gasteiger charge is -2.35. The smallest absolute Gasteiger partial charge is 0.271 e. The van der Waals surface area contributed by atoms with Gasteiger partial charge in [-0.05, 0) is 39.5 Å². The van der Waals surface area contributed by atoms with Crippen molar-refractivity contribution in [2.24, 2.45) is 5.92 Å². The number of nitrogens with zero attached hydrogens (tertiary/aromatic N) is 3. The Bertz CT molecular complexity index is 741. The lowest BCUT2D eigenvalue weighted by Crippen LogP contribution is -2.47. The summed E-state index contributed by atoms with van der Waals surface area (Å²) in [5.74, 6) is 0.170. The van der Waals surface area contributed by atoms with E-state index in [2.05, 4.69) is 41.4 Å². The highest BCUT2D eigenvalue weighted by Gasteiger charge is 2.31. The lowest BCUT2D eigenvalue weighted by molar-refractivity contribution is 0.0864. The van der Waals surface area contributed by atoms with Crippen molar-refractivity contribution in [1.82, 2.24) is 25.2 Å². The van der Waals surface area contributed by atoms with Crippen LogP contribution in [0.15, 0.2) is 24.2 Å². The van der Waals surface area contributed by atoms with E-state index in [1.54, 1.807) is 24.2 Å². The average molecular weight is 361 g/mol. The predicted molar refractivity (Wildman–Crippen MR) is 95.6 cm³/mol. The largest absolute Gasteiger partial charge is 0.350 e. The molecule has 134 valence electrons. The van der Waals surface area contributed by atoms with Crippen LogP contribution in [0, 0.1) is 5.92 Å². The summed E-state index contributed by atoms with van der Waals surface area (Å²) < 4.78 is 1.93. The van der Waals surface area contributed by atoms with Crippen LogP contribution < -0.4 is 10.6 Å². The number of thiazole rings is 1. The minimum atomic E-state index is -0.153. The Balaban J connectivity index is 1.40. The zero-order chi connectivity index (χ0) is 18.0. The molecule has 0 atom stereocenters. The van der Waals surface area contributed by atoms with Gasteiger partial charge in [0.25, 0.3) is 11.8 Å². The van der Waals surface area contributed by atoms with Crippen LogP contribution >= 0.6 is 11.3 Å². The number of amides is 2. The molecule has 7 nitrogen and oxygen atoms in total. The Kier molecular flexibility index (Phi) is 4.89. The molecule has 0 aliphatic heterocycles. The molecule has 0 saturated heterocycles. The number of hydrogen-bond donors (Lipinski definition) is 2. The molecule has 1 saturated carbocycles. The van der Waals surface area contributed by atoms with Gasteiger partial charge in [-0.1, -0.05) is 0 Å². The number of hydrogen-bond acceptors (Lipinski definition) is 5. The molecule has 3 rings (SSSR count). The minimum absolute atomic E-state index is 0.0669. The van der Waals surface area contributed by atoms with Gasteiger partial charge >= 0.3 is 0 Å². The Labute approximate surface area is 150 Å². The fourth-order valence-electron chi connectivity index (χ4n) is 2.74.